The molecule has 0 aliphatic carbocycles. The van der Waals surface area contributed by atoms with Gasteiger partial charge in [0.05, 0.1) is 11.4 Å². The number of hydrogen-bond donors (Lipinski definition) is 1. The van der Waals surface area contributed by atoms with Crippen molar-refractivity contribution in [3.63, 3.8) is 0 Å². The third-order valence-corrected chi connectivity index (χ3v) is 2.83. The van der Waals surface area contributed by atoms with E-state index in [2.05, 4.69) is 5.32 Å². The van der Waals surface area contributed by atoms with Crippen LogP contribution in [0.4, 0.5) is 17.1 Å². The molecule has 3 nitrogen and oxygen atoms in total. The lowest BCUT2D eigenvalue weighted by atomic mass is 10.2. The Morgan fingerprint density at radius 3 is 2.44 bits per heavy atom. The summed E-state index contributed by atoms with van der Waals surface area (Å²) in [4.78, 5) is 13.6. The molecule has 0 unspecified atom stereocenters. The van der Waals surface area contributed by atoms with Crippen LogP contribution in [0.15, 0.2) is 66.9 Å². The van der Waals surface area contributed by atoms with Crippen LogP contribution in [0.2, 0.25) is 0 Å². The molecule has 0 spiro atoms. The Kier molecular flexibility index (Phi) is 2.57. The van der Waals surface area contributed by atoms with Crippen molar-refractivity contribution in [2.75, 3.05) is 10.2 Å². The predicted octanol–water partition coefficient (Wildman–Crippen LogP) is 3.29. The van der Waals surface area contributed by atoms with Crippen LogP contribution in [0.5, 0.6) is 0 Å². The van der Waals surface area contributed by atoms with Crippen molar-refractivity contribution in [3.05, 3.63) is 66.9 Å². The molecule has 0 aromatic heterocycles. The van der Waals surface area contributed by atoms with Gasteiger partial charge in [-0.2, -0.15) is 0 Å². The van der Waals surface area contributed by atoms with Crippen LogP contribution >= 0.6 is 0 Å². The summed E-state index contributed by atoms with van der Waals surface area (Å²) in [6.07, 6.45) is 3.32. The molecule has 18 heavy (non-hydrogen) atoms. The quantitative estimate of drug-likeness (QED) is 0.824. The molecule has 3 heteroatoms. The van der Waals surface area contributed by atoms with Gasteiger partial charge in [-0.15, -0.1) is 0 Å². The average molecular weight is 236 g/mol. The van der Waals surface area contributed by atoms with E-state index in [-0.39, 0.29) is 5.91 Å². The zero-order chi connectivity index (χ0) is 12.4. The number of hydrogen-bond acceptors (Lipinski definition) is 2. The highest BCUT2D eigenvalue weighted by atomic mass is 16.1. The van der Waals surface area contributed by atoms with E-state index in [9.17, 15) is 4.79 Å². The summed E-state index contributed by atoms with van der Waals surface area (Å²) in [5.41, 5.74) is 2.81. The summed E-state index contributed by atoms with van der Waals surface area (Å²) >= 11 is 0. The van der Waals surface area contributed by atoms with Crippen LogP contribution in [0.3, 0.4) is 0 Å². The third-order valence-electron chi connectivity index (χ3n) is 2.83. The molecule has 0 bridgehead atoms. The van der Waals surface area contributed by atoms with Gasteiger partial charge in [-0.1, -0.05) is 30.3 Å². The van der Waals surface area contributed by atoms with Crippen LogP contribution in [0, 0.1) is 0 Å². The third kappa shape index (κ3) is 1.86. The van der Waals surface area contributed by atoms with Crippen LogP contribution < -0.4 is 10.2 Å². The number of amides is 1. The number of nitrogens with zero attached hydrogens (tertiary/aromatic N) is 1. The number of benzene rings is 2. The van der Waals surface area contributed by atoms with Crippen molar-refractivity contribution in [3.8, 4) is 0 Å². The molecule has 2 aromatic rings. The first kappa shape index (κ1) is 10.6. The van der Waals surface area contributed by atoms with Gasteiger partial charge in [0.15, 0.2) is 0 Å². The molecule has 0 fully saturated rings. The minimum atomic E-state index is -0.110. The lowest BCUT2D eigenvalue weighted by molar-refractivity contribution is -0.111. The topological polar surface area (TPSA) is 32.3 Å². The second kappa shape index (κ2) is 4.37. The Bertz CT molecular complexity index is 605. The molecular weight excluding hydrogens is 224 g/mol. The number of carbonyl (C=O) groups is 1. The fraction of sp³-hybridized carbons (Fsp3) is 0. The lowest BCUT2D eigenvalue weighted by Crippen LogP contribution is -2.08. The summed E-state index contributed by atoms with van der Waals surface area (Å²) in [5, 5.41) is 2.85. The van der Waals surface area contributed by atoms with E-state index in [1.54, 1.807) is 6.20 Å². The highest BCUT2D eigenvalue weighted by Crippen LogP contribution is 2.33. The normalized spacial score (nSPS) is 13.8. The molecule has 0 atom stereocenters. The summed E-state index contributed by atoms with van der Waals surface area (Å²) in [6.45, 7) is 0. The van der Waals surface area contributed by atoms with Gasteiger partial charge in [0.1, 0.15) is 0 Å². The number of fused-ring (bicyclic) bond motifs is 1. The standard InChI is InChI=1S/C15H12N2O/c18-15-10-11-17(12-6-2-1-3-7-12)14-9-5-4-8-13(14)16-15/h1-11H,(H,16,18). The highest BCUT2D eigenvalue weighted by Gasteiger charge is 2.15. The molecule has 88 valence electrons. The second-order valence-electron chi connectivity index (χ2n) is 4.03. The van der Waals surface area contributed by atoms with Gasteiger partial charge >= 0.3 is 0 Å². The molecule has 1 aliphatic heterocycles. The van der Waals surface area contributed by atoms with Gasteiger partial charge in [-0.05, 0) is 24.3 Å². The fourth-order valence-electron chi connectivity index (χ4n) is 2.00. The SMILES string of the molecule is O=C1C=CN(c2ccccc2)c2ccccc2N1. The van der Waals surface area contributed by atoms with E-state index < -0.39 is 0 Å². The van der Waals surface area contributed by atoms with Gasteiger partial charge in [0.25, 0.3) is 0 Å². The van der Waals surface area contributed by atoms with Crippen molar-refractivity contribution >= 4 is 23.0 Å². The van der Waals surface area contributed by atoms with E-state index in [0.717, 1.165) is 17.1 Å². The van der Waals surface area contributed by atoms with Gasteiger partial charge < -0.3 is 10.2 Å². The molecular formula is C15H12N2O. The Morgan fingerprint density at radius 1 is 0.889 bits per heavy atom. The van der Waals surface area contributed by atoms with Crippen LogP contribution in [0.25, 0.3) is 0 Å². The van der Waals surface area contributed by atoms with Crippen LogP contribution in [-0.4, -0.2) is 5.91 Å². The number of nitrogens with one attached hydrogen (secondary N) is 1. The van der Waals surface area contributed by atoms with Gasteiger partial charge in [0.2, 0.25) is 5.91 Å². The van der Waals surface area contributed by atoms with Crippen molar-refractivity contribution in [1.82, 2.24) is 0 Å². The van der Waals surface area contributed by atoms with Crippen LogP contribution in [0.1, 0.15) is 0 Å². The van der Waals surface area contributed by atoms with E-state index in [1.807, 2.05) is 59.5 Å². The lowest BCUT2D eigenvalue weighted by Gasteiger charge is -2.21. The smallest absolute Gasteiger partial charge is 0.249 e. The Hall–Kier alpha value is -2.55. The van der Waals surface area contributed by atoms with Crippen molar-refractivity contribution < 1.29 is 4.79 Å². The summed E-state index contributed by atoms with van der Waals surface area (Å²) in [5.74, 6) is -0.110. The summed E-state index contributed by atoms with van der Waals surface area (Å²) in [6, 6.07) is 17.7. The molecule has 2 aromatic carbocycles. The zero-order valence-electron chi connectivity index (χ0n) is 9.71. The number of carbonyl (C=O) groups excluding carboxylic acids is 1. The summed E-state index contributed by atoms with van der Waals surface area (Å²) < 4.78 is 0. The van der Waals surface area contributed by atoms with Gasteiger partial charge in [0, 0.05) is 18.0 Å². The fourth-order valence-corrected chi connectivity index (χ4v) is 2.00. The Labute approximate surface area is 105 Å². The zero-order valence-corrected chi connectivity index (χ0v) is 9.71. The van der Waals surface area contributed by atoms with Gasteiger partial charge in [-0.3, -0.25) is 4.79 Å². The minimum absolute atomic E-state index is 0.110. The van der Waals surface area contributed by atoms with E-state index in [1.165, 1.54) is 6.08 Å². The van der Waals surface area contributed by atoms with Crippen LogP contribution in [-0.2, 0) is 4.79 Å². The molecule has 0 saturated carbocycles. The maximum Gasteiger partial charge on any atom is 0.249 e. The largest absolute Gasteiger partial charge is 0.321 e. The van der Waals surface area contributed by atoms with Crippen molar-refractivity contribution in [2.45, 2.75) is 0 Å². The second-order valence-corrected chi connectivity index (χ2v) is 4.03. The molecule has 1 heterocycles. The molecule has 3 rings (SSSR count). The minimum Gasteiger partial charge on any atom is -0.321 e. The first-order valence-corrected chi connectivity index (χ1v) is 5.77. The first-order chi connectivity index (χ1) is 8.84. The van der Waals surface area contributed by atoms with Crippen molar-refractivity contribution in [1.29, 1.82) is 0 Å². The molecule has 1 N–H and O–H groups in total. The molecule has 0 radical (unpaired) electrons. The maximum absolute atomic E-state index is 11.6. The molecule has 1 aliphatic rings. The first-order valence-electron chi connectivity index (χ1n) is 5.77. The number of para-hydroxylation sites is 3. The average Bonchev–Trinajstić information content (AvgIpc) is 2.58. The summed E-state index contributed by atoms with van der Waals surface area (Å²) in [7, 11) is 0. The predicted molar refractivity (Wildman–Crippen MR) is 72.8 cm³/mol. The molecule has 1 amide bonds. The number of rotatable bonds is 1. The highest BCUT2D eigenvalue weighted by molar-refractivity contribution is 6.04. The van der Waals surface area contributed by atoms with Gasteiger partial charge in [-0.25, -0.2) is 0 Å². The molecule has 0 saturated heterocycles. The van der Waals surface area contributed by atoms with E-state index in [0.29, 0.717) is 0 Å². The van der Waals surface area contributed by atoms with Crippen molar-refractivity contribution in [2.24, 2.45) is 0 Å². The Balaban J connectivity index is 2.14. The van der Waals surface area contributed by atoms with E-state index >= 15 is 0 Å². The van der Waals surface area contributed by atoms with E-state index in [4.69, 9.17) is 0 Å². The maximum atomic E-state index is 11.6. The number of anilines is 3. The Morgan fingerprint density at radius 2 is 1.61 bits per heavy atom. The monoisotopic (exact) mass is 236 g/mol.